The highest BCUT2D eigenvalue weighted by molar-refractivity contribution is 6.05. The van der Waals surface area contributed by atoms with Crippen LogP contribution in [0.3, 0.4) is 0 Å². The summed E-state index contributed by atoms with van der Waals surface area (Å²) in [5.74, 6) is -0.728. The van der Waals surface area contributed by atoms with Gasteiger partial charge in [0.05, 0.1) is 5.92 Å². The fourth-order valence-electron chi connectivity index (χ4n) is 2.86. The van der Waals surface area contributed by atoms with E-state index in [0.717, 1.165) is 16.7 Å². The van der Waals surface area contributed by atoms with Gasteiger partial charge in [0, 0.05) is 11.3 Å². The van der Waals surface area contributed by atoms with Crippen LogP contribution in [0, 0.1) is 13.8 Å². The van der Waals surface area contributed by atoms with Crippen molar-refractivity contribution < 1.29 is 23.9 Å². The highest BCUT2D eigenvalue weighted by Gasteiger charge is 2.27. The molecule has 3 rings (SSSR count). The first-order chi connectivity index (χ1) is 12.8. The molecule has 2 aromatic rings. The highest BCUT2D eigenvalue weighted by atomic mass is 16.6. The van der Waals surface area contributed by atoms with Crippen molar-refractivity contribution in [2.75, 3.05) is 18.5 Å². The zero-order valence-corrected chi connectivity index (χ0v) is 15.5. The summed E-state index contributed by atoms with van der Waals surface area (Å²) in [6.07, 6.45) is 0. The Hall–Kier alpha value is -3.15. The number of carbonyl (C=O) groups is 3. The van der Waals surface area contributed by atoms with Crippen LogP contribution in [0.25, 0.3) is 0 Å². The molecule has 0 aliphatic carbocycles. The molecule has 27 heavy (non-hydrogen) atoms. The third-order valence-corrected chi connectivity index (χ3v) is 4.54. The van der Waals surface area contributed by atoms with Crippen LogP contribution in [0.15, 0.2) is 36.4 Å². The van der Waals surface area contributed by atoms with E-state index in [4.69, 9.17) is 9.47 Å². The second-order valence-corrected chi connectivity index (χ2v) is 6.65. The van der Waals surface area contributed by atoms with E-state index in [-0.39, 0.29) is 30.8 Å². The number of hydrogen-bond acceptors (Lipinski definition) is 5. The first-order valence-electron chi connectivity index (χ1n) is 8.69. The van der Waals surface area contributed by atoms with Crippen LogP contribution >= 0.6 is 0 Å². The van der Waals surface area contributed by atoms with E-state index in [1.165, 1.54) is 0 Å². The maximum Gasteiger partial charge on any atom is 0.344 e. The quantitative estimate of drug-likeness (QED) is 0.626. The summed E-state index contributed by atoms with van der Waals surface area (Å²) in [5.41, 5.74) is 3.83. The molecule has 1 atom stereocenters. The van der Waals surface area contributed by atoms with Crippen molar-refractivity contribution >= 4 is 23.3 Å². The Labute approximate surface area is 157 Å². The molecule has 1 N–H and O–H groups in total. The number of aryl methyl sites for hydroxylation is 2. The summed E-state index contributed by atoms with van der Waals surface area (Å²) in [5, 5.41) is 2.75. The summed E-state index contributed by atoms with van der Waals surface area (Å²) >= 11 is 0. The van der Waals surface area contributed by atoms with Gasteiger partial charge in [0.2, 0.25) is 5.91 Å². The Bertz CT molecular complexity index is 919. The van der Waals surface area contributed by atoms with Gasteiger partial charge in [-0.15, -0.1) is 0 Å². The zero-order chi connectivity index (χ0) is 19.6. The minimum atomic E-state index is -0.615. The SMILES string of the molecule is Cc1ccc(C)c(OCC(=O)OCC(=O)c2ccc3c(c2)[C@@H](C)C(=O)N3)c1. The molecule has 0 spiro atoms. The molecular weight excluding hydrogens is 346 g/mol. The van der Waals surface area contributed by atoms with E-state index in [1.54, 1.807) is 25.1 Å². The average molecular weight is 367 g/mol. The summed E-state index contributed by atoms with van der Waals surface area (Å²) in [6.45, 7) is 4.96. The fourth-order valence-corrected chi connectivity index (χ4v) is 2.86. The number of benzene rings is 2. The molecule has 0 unspecified atom stereocenters. The van der Waals surface area contributed by atoms with Crippen molar-refractivity contribution in [1.82, 2.24) is 0 Å². The van der Waals surface area contributed by atoms with E-state index >= 15 is 0 Å². The van der Waals surface area contributed by atoms with Crippen LogP contribution in [0.2, 0.25) is 0 Å². The van der Waals surface area contributed by atoms with Gasteiger partial charge in [0.15, 0.2) is 19.0 Å². The molecule has 0 fully saturated rings. The molecule has 140 valence electrons. The largest absolute Gasteiger partial charge is 0.482 e. The Morgan fingerprint density at radius 1 is 1.07 bits per heavy atom. The summed E-state index contributed by atoms with van der Waals surface area (Å²) in [4.78, 5) is 35.8. The van der Waals surface area contributed by atoms with Gasteiger partial charge in [-0.1, -0.05) is 12.1 Å². The second kappa shape index (κ2) is 7.61. The van der Waals surface area contributed by atoms with Crippen molar-refractivity contribution in [3.05, 3.63) is 58.7 Å². The van der Waals surface area contributed by atoms with Crippen molar-refractivity contribution in [2.45, 2.75) is 26.7 Å². The van der Waals surface area contributed by atoms with Crippen LogP contribution in [0.5, 0.6) is 5.75 Å². The third-order valence-electron chi connectivity index (χ3n) is 4.54. The Morgan fingerprint density at radius 3 is 2.63 bits per heavy atom. The lowest BCUT2D eigenvalue weighted by molar-refractivity contribution is -0.144. The van der Waals surface area contributed by atoms with E-state index in [1.807, 2.05) is 32.0 Å². The molecule has 0 aromatic heterocycles. The second-order valence-electron chi connectivity index (χ2n) is 6.65. The number of esters is 1. The molecule has 1 aliphatic rings. The highest BCUT2D eigenvalue weighted by Crippen LogP contribution is 2.32. The van der Waals surface area contributed by atoms with Gasteiger partial charge in [-0.25, -0.2) is 4.79 Å². The number of ketones is 1. The summed E-state index contributed by atoms with van der Waals surface area (Å²) in [7, 11) is 0. The first kappa shape index (κ1) is 18.6. The van der Waals surface area contributed by atoms with Crippen LogP contribution in [0.4, 0.5) is 5.69 Å². The first-order valence-corrected chi connectivity index (χ1v) is 8.69. The normalized spacial score (nSPS) is 15.1. The minimum Gasteiger partial charge on any atom is -0.482 e. The molecule has 6 nitrogen and oxygen atoms in total. The van der Waals surface area contributed by atoms with Gasteiger partial charge >= 0.3 is 5.97 Å². The molecule has 1 aliphatic heterocycles. The lowest BCUT2D eigenvalue weighted by Crippen LogP contribution is -2.19. The van der Waals surface area contributed by atoms with Gasteiger partial charge in [-0.05, 0) is 61.7 Å². The molecular formula is C21H21NO5. The number of anilines is 1. The number of ether oxygens (including phenoxy) is 2. The predicted octanol–water partition coefficient (Wildman–Crippen LogP) is 3.16. The Morgan fingerprint density at radius 2 is 1.85 bits per heavy atom. The average Bonchev–Trinajstić information content (AvgIpc) is 2.94. The number of amides is 1. The fraction of sp³-hybridized carbons (Fsp3) is 0.286. The van der Waals surface area contributed by atoms with Gasteiger partial charge in [-0.2, -0.15) is 0 Å². The van der Waals surface area contributed by atoms with Crippen LogP contribution in [0.1, 0.15) is 39.9 Å². The number of nitrogens with one attached hydrogen (secondary N) is 1. The molecule has 2 aromatic carbocycles. The minimum absolute atomic E-state index is 0.0929. The molecule has 0 bridgehead atoms. The van der Waals surface area contributed by atoms with Crippen LogP contribution < -0.4 is 10.1 Å². The number of rotatable bonds is 6. The molecule has 6 heteroatoms. The topological polar surface area (TPSA) is 81.7 Å². The lowest BCUT2D eigenvalue weighted by atomic mass is 9.99. The van der Waals surface area contributed by atoms with Gasteiger partial charge in [-0.3, -0.25) is 9.59 Å². The lowest BCUT2D eigenvalue weighted by Gasteiger charge is -2.10. The zero-order valence-electron chi connectivity index (χ0n) is 15.5. The Balaban J connectivity index is 1.54. The number of carbonyl (C=O) groups excluding carboxylic acids is 3. The molecule has 1 amide bonds. The number of fused-ring (bicyclic) bond motifs is 1. The standard InChI is InChI=1S/C21H21NO5/c1-12-4-5-13(2)19(8-12)26-11-20(24)27-10-18(23)15-6-7-17-16(9-15)14(3)21(25)22-17/h4-9,14H,10-11H2,1-3H3,(H,22,25)/t14-/m1/s1. The third kappa shape index (κ3) is 4.16. The van der Waals surface area contributed by atoms with Crippen molar-refractivity contribution in [3.63, 3.8) is 0 Å². The van der Waals surface area contributed by atoms with E-state index in [2.05, 4.69) is 5.32 Å². The van der Waals surface area contributed by atoms with Crippen molar-refractivity contribution in [1.29, 1.82) is 0 Å². The van der Waals surface area contributed by atoms with E-state index < -0.39 is 5.97 Å². The van der Waals surface area contributed by atoms with E-state index in [9.17, 15) is 14.4 Å². The maximum atomic E-state index is 12.3. The predicted molar refractivity (Wildman–Crippen MR) is 100 cm³/mol. The van der Waals surface area contributed by atoms with Crippen molar-refractivity contribution in [2.24, 2.45) is 0 Å². The smallest absolute Gasteiger partial charge is 0.344 e. The maximum absolute atomic E-state index is 12.3. The van der Waals surface area contributed by atoms with Crippen LogP contribution in [-0.2, 0) is 14.3 Å². The van der Waals surface area contributed by atoms with Crippen LogP contribution in [-0.4, -0.2) is 30.9 Å². The monoisotopic (exact) mass is 367 g/mol. The molecule has 0 saturated heterocycles. The number of hydrogen-bond donors (Lipinski definition) is 1. The summed E-state index contributed by atoms with van der Waals surface area (Å²) < 4.78 is 10.5. The molecule has 0 radical (unpaired) electrons. The molecule has 0 saturated carbocycles. The Kier molecular flexibility index (Phi) is 5.26. The van der Waals surface area contributed by atoms with E-state index in [0.29, 0.717) is 17.0 Å². The van der Waals surface area contributed by atoms with Gasteiger partial charge < -0.3 is 14.8 Å². The molecule has 1 heterocycles. The van der Waals surface area contributed by atoms with Crippen molar-refractivity contribution in [3.8, 4) is 5.75 Å². The van der Waals surface area contributed by atoms with Gasteiger partial charge in [0.25, 0.3) is 0 Å². The summed E-state index contributed by atoms with van der Waals surface area (Å²) in [6, 6.07) is 10.7. The number of Topliss-reactive ketones (excluding diaryl/α,β-unsaturated/α-hetero) is 1. The van der Waals surface area contributed by atoms with Gasteiger partial charge in [0.1, 0.15) is 5.75 Å².